The Hall–Kier alpha value is -1.71. The van der Waals surface area contributed by atoms with Crippen LogP contribution >= 0.6 is 0 Å². The predicted octanol–water partition coefficient (Wildman–Crippen LogP) is 3.82. The summed E-state index contributed by atoms with van der Waals surface area (Å²) in [6, 6.07) is 6.42. The molecule has 4 heteroatoms. The van der Waals surface area contributed by atoms with E-state index in [1.165, 1.54) is 38.5 Å². The van der Waals surface area contributed by atoms with Gasteiger partial charge in [0.2, 0.25) is 5.91 Å². The number of carbonyl (C=O) groups is 1. The van der Waals surface area contributed by atoms with Crippen molar-refractivity contribution in [2.75, 3.05) is 20.8 Å². The molecule has 1 amide bonds. The molecule has 1 aliphatic carbocycles. The molecule has 3 rings (SSSR count). The van der Waals surface area contributed by atoms with Gasteiger partial charge in [0, 0.05) is 19.0 Å². The molecule has 4 nitrogen and oxygen atoms in total. The van der Waals surface area contributed by atoms with Crippen molar-refractivity contribution in [3.05, 3.63) is 23.8 Å². The molecule has 1 aromatic carbocycles. The van der Waals surface area contributed by atoms with E-state index in [-0.39, 0.29) is 0 Å². The second-order valence-corrected chi connectivity index (χ2v) is 7.03. The Morgan fingerprint density at radius 1 is 1.08 bits per heavy atom. The fourth-order valence-electron chi connectivity index (χ4n) is 4.37. The van der Waals surface area contributed by atoms with Crippen LogP contribution in [0, 0.1) is 5.92 Å². The lowest BCUT2D eigenvalue weighted by Crippen LogP contribution is -2.49. The van der Waals surface area contributed by atoms with Gasteiger partial charge in [-0.25, -0.2) is 0 Å². The lowest BCUT2D eigenvalue weighted by atomic mass is 9.78. The van der Waals surface area contributed by atoms with E-state index < -0.39 is 0 Å². The van der Waals surface area contributed by atoms with Crippen molar-refractivity contribution in [3.63, 3.8) is 0 Å². The Kier molecular flexibility index (Phi) is 5.64. The third-order valence-electron chi connectivity index (χ3n) is 5.64. The zero-order valence-corrected chi connectivity index (χ0v) is 14.9. The highest BCUT2D eigenvalue weighted by atomic mass is 16.5. The minimum atomic E-state index is 0.321. The lowest BCUT2D eigenvalue weighted by molar-refractivity contribution is -0.137. The van der Waals surface area contributed by atoms with Crippen molar-refractivity contribution >= 4 is 5.91 Å². The van der Waals surface area contributed by atoms with Crippen LogP contribution in [-0.4, -0.2) is 37.6 Å². The number of aryl methyl sites for hydroxylation is 1. The normalized spacial score (nSPS) is 23.5. The van der Waals surface area contributed by atoms with Crippen LogP contribution in [0.2, 0.25) is 0 Å². The number of hydrogen-bond donors (Lipinski definition) is 0. The van der Waals surface area contributed by atoms with Crippen LogP contribution in [0.15, 0.2) is 18.2 Å². The maximum absolute atomic E-state index is 12.8. The Balaban J connectivity index is 1.60. The van der Waals surface area contributed by atoms with E-state index >= 15 is 0 Å². The summed E-state index contributed by atoms with van der Waals surface area (Å²) in [6.45, 7) is 0.950. The van der Waals surface area contributed by atoms with E-state index in [4.69, 9.17) is 9.47 Å². The molecule has 0 radical (unpaired) electrons. The lowest BCUT2D eigenvalue weighted by Gasteiger charge is -2.44. The zero-order chi connectivity index (χ0) is 16.9. The molecule has 0 N–H and O–H groups in total. The number of rotatable bonds is 5. The van der Waals surface area contributed by atoms with Crippen molar-refractivity contribution in [2.45, 2.75) is 57.4 Å². The van der Waals surface area contributed by atoms with Crippen molar-refractivity contribution in [2.24, 2.45) is 5.92 Å². The number of benzene rings is 1. The highest BCUT2D eigenvalue weighted by Crippen LogP contribution is 2.35. The molecule has 1 saturated carbocycles. The van der Waals surface area contributed by atoms with E-state index in [0.717, 1.165) is 35.9 Å². The van der Waals surface area contributed by atoms with Crippen LogP contribution < -0.4 is 9.47 Å². The Morgan fingerprint density at radius 3 is 2.62 bits per heavy atom. The monoisotopic (exact) mass is 331 g/mol. The topological polar surface area (TPSA) is 38.8 Å². The number of ether oxygens (including phenoxy) is 2. The molecule has 1 heterocycles. The maximum Gasteiger partial charge on any atom is 0.223 e. The SMILES string of the molecule is COc1ccc(CCC(=O)N2CCCC3CCCCC32)cc1OC. The van der Waals surface area contributed by atoms with Crippen molar-refractivity contribution in [1.82, 2.24) is 4.90 Å². The Labute approximate surface area is 145 Å². The number of carbonyl (C=O) groups excluding carboxylic acids is 1. The first kappa shape index (κ1) is 17.1. The van der Waals surface area contributed by atoms with Crippen LogP contribution in [0.1, 0.15) is 50.5 Å². The summed E-state index contributed by atoms with van der Waals surface area (Å²) in [5, 5.41) is 0. The molecule has 0 spiro atoms. The van der Waals surface area contributed by atoms with E-state index in [1.807, 2.05) is 18.2 Å². The molecule has 2 aliphatic rings. The smallest absolute Gasteiger partial charge is 0.223 e. The summed E-state index contributed by atoms with van der Waals surface area (Å²) in [7, 11) is 3.28. The van der Waals surface area contributed by atoms with Crippen molar-refractivity contribution in [3.8, 4) is 11.5 Å². The first-order valence-electron chi connectivity index (χ1n) is 9.23. The van der Waals surface area contributed by atoms with Gasteiger partial charge in [-0.2, -0.15) is 0 Å². The Bertz CT molecular complexity index is 570. The molecule has 2 unspecified atom stereocenters. The minimum absolute atomic E-state index is 0.321. The predicted molar refractivity (Wildman–Crippen MR) is 94.6 cm³/mol. The summed E-state index contributed by atoms with van der Waals surface area (Å²) < 4.78 is 10.6. The largest absolute Gasteiger partial charge is 0.493 e. The second kappa shape index (κ2) is 7.91. The van der Waals surface area contributed by atoms with Crippen molar-refractivity contribution in [1.29, 1.82) is 0 Å². The molecule has 132 valence electrons. The number of fused-ring (bicyclic) bond motifs is 1. The van der Waals surface area contributed by atoms with E-state index in [1.54, 1.807) is 14.2 Å². The van der Waals surface area contributed by atoms with Gasteiger partial charge in [-0.05, 0) is 55.7 Å². The van der Waals surface area contributed by atoms with Gasteiger partial charge in [0.15, 0.2) is 11.5 Å². The van der Waals surface area contributed by atoms with Gasteiger partial charge in [-0.15, -0.1) is 0 Å². The molecule has 1 aliphatic heterocycles. The number of likely N-dealkylation sites (tertiary alicyclic amines) is 1. The third kappa shape index (κ3) is 3.68. The van der Waals surface area contributed by atoms with Crippen molar-refractivity contribution < 1.29 is 14.3 Å². The number of piperidine rings is 1. The van der Waals surface area contributed by atoms with Crippen LogP contribution in [0.25, 0.3) is 0 Å². The molecular weight excluding hydrogens is 302 g/mol. The van der Waals surface area contributed by atoms with Crippen LogP contribution in [-0.2, 0) is 11.2 Å². The fourth-order valence-corrected chi connectivity index (χ4v) is 4.37. The minimum Gasteiger partial charge on any atom is -0.493 e. The van der Waals surface area contributed by atoms with Gasteiger partial charge in [0.25, 0.3) is 0 Å². The molecule has 2 atom stereocenters. The molecule has 2 fully saturated rings. The standard InChI is InChI=1S/C20H29NO3/c1-23-18-11-9-15(14-19(18)24-2)10-12-20(22)21-13-5-7-16-6-3-4-8-17(16)21/h9,11,14,16-17H,3-8,10,12-13H2,1-2H3. The summed E-state index contributed by atoms with van der Waals surface area (Å²) >= 11 is 0. The number of amides is 1. The van der Waals surface area contributed by atoms with E-state index in [0.29, 0.717) is 18.4 Å². The van der Waals surface area contributed by atoms with Crippen LogP contribution in [0.4, 0.5) is 0 Å². The molecule has 1 aromatic rings. The third-order valence-corrected chi connectivity index (χ3v) is 5.64. The maximum atomic E-state index is 12.8. The van der Waals surface area contributed by atoms with Gasteiger partial charge in [0.1, 0.15) is 0 Å². The summed E-state index contributed by atoms with van der Waals surface area (Å²) in [5.41, 5.74) is 1.12. The quantitative estimate of drug-likeness (QED) is 0.823. The fraction of sp³-hybridized carbons (Fsp3) is 0.650. The average molecular weight is 331 g/mol. The van der Waals surface area contributed by atoms with Gasteiger partial charge >= 0.3 is 0 Å². The number of hydrogen-bond acceptors (Lipinski definition) is 3. The summed E-state index contributed by atoms with van der Waals surface area (Å²) in [6.07, 6.45) is 8.95. The van der Waals surface area contributed by atoms with E-state index in [9.17, 15) is 4.79 Å². The van der Waals surface area contributed by atoms with Gasteiger partial charge in [0.05, 0.1) is 14.2 Å². The Morgan fingerprint density at radius 2 is 1.83 bits per heavy atom. The van der Waals surface area contributed by atoms with E-state index in [2.05, 4.69) is 4.90 Å². The van der Waals surface area contributed by atoms with Crippen LogP contribution in [0.5, 0.6) is 11.5 Å². The second-order valence-electron chi connectivity index (χ2n) is 7.03. The van der Waals surface area contributed by atoms with Gasteiger partial charge < -0.3 is 14.4 Å². The highest BCUT2D eigenvalue weighted by Gasteiger charge is 2.35. The zero-order valence-electron chi connectivity index (χ0n) is 14.9. The number of methoxy groups -OCH3 is 2. The molecule has 1 saturated heterocycles. The highest BCUT2D eigenvalue weighted by molar-refractivity contribution is 5.77. The molecule has 0 aromatic heterocycles. The summed E-state index contributed by atoms with van der Waals surface area (Å²) in [5.74, 6) is 2.53. The average Bonchev–Trinajstić information content (AvgIpc) is 2.65. The molecule has 24 heavy (non-hydrogen) atoms. The van der Waals surface area contributed by atoms with Crippen LogP contribution in [0.3, 0.4) is 0 Å². The first-order chi connectivity index (χ1) is 11.7. The summed E-state index contributed by atoms with van der Waals surface area (Å²) in [4.78, 5) is 15.0. The number of nitrogens with zero attached hydrogens (tertiary/aromatic N) is 1. The van der Waals surface area contributed by atoms with Gasteiger partial charge in [-0.3, -0.25) is 4.79 Å². The molecular formula is C20H29NO3. The van der Waals surface area contributed by atoms with Gasteiger partial charge in [-0.1, -0.05) is 18.9 Å². The molecule has 0 bridgehead atoms. The first-order valence-corrected chi connectivity index (χ1v) is 9.23.